The predicted molar refractivity (Wildman–Crippen MR) is 96.3 cm³/mol. The van der Waals surface area contributed by atoms with E-state index in [0.29, 0.717) is 0 Å². The zero-order valence-electron chi connectivity index (χ0n) is 14.0. The summed E-state index contributed by atoms with van der Waals surface area (Å²) in [6, 6.07) is 14.2. The van der Waals surface area contributed by atoms with Gasteiger partial charge < -0.3 is 5.32 Å². The van der Waals surface area contributed by atoms with Gasteiger partial charge in [-0.3, -0.25) is 4.68 Å². The summed E-state index contributed by atoms with van der Waals surface area (Å²) in [5.74, 6) is 0.940. The number of fused-ring (bicyclic) bond motifs is 1. The normalized spacial score (nSPS) is 11.1. The number of nitrogens with zero attached hydrogens (tertiary/aromatic N) is 6. The minimum absolute atomic E-state index is 0.812. The number of aromatic nitrogens is 6. The second-order valence-corrected chi connectivity index (χ2v) is 5.89. The van der Waals surface area contributed by atoms with Crippen LogP contribution in [0.5, 0.6) is 0 Å². The van der Waals surface area contributed by atoms with Crippen molar-refractivity contribution in [2.45, 2.75) is 19.9 Å². The number of aryl methyl sites for hydroxylation is 2. The van der Waals surface area contributed by atoms with Gasteiger partial charge in [-0.15, -0.1) is 5.10 Å². The summed E-state index contributed by atoms with van der Waals surface area (Å²) in [4.78, 5) is 4.73. The highest BCUT2D eigenvalue weighted by Gasteiger charge is 2.09. The Balaban J connectivity index is 1.57. The molecule has 0 spiro atoms. The third kappa shape index (κ3) is 3.35. The fourth-order valence-electron chi connectivity index (χ4n) is 2.78. The topological polar surface area (TPSA) is 72.9 Å². The Bertz CT molecular complexity index is 958. The van der Waals surface area contributed by atoms with E-state index in [-0.39, 0.29) is 0 Å². The number of benzene rings is 1. The molecule has 0 saturated heterocycles. The Morgan fingerprint density at radius 2 is 2.00 bits per heavy atom. The highest BCUT2D eigenvalue weighted by molar-refractivity contribution is 5.66. The number of rotatable bonds is 6. The van der Waals surface area contributed by atoms with Crippen molar-refractivity contribution in [3.05, 3.63) is 60.6 Å². The highest BCUT2D eigenvalue weighted by Crippen LogP contribution is 2.22. The van der Waals surface area contributed by atoms with Gasteiger partial charge in [0.2, 0.25) is 0 Å². The summed E-state index contributed by atoms with van der Waals surface area (Å²) in [7, 11) is 0. The third-order valence-electron chi connectivity index (χ3n) is 3.96. The van der Waals surface area contributed by atoms with Crippen molar-refractivity contribution >= 4 is 11.5 Å². The fourth-order valence-corrected chi connectivity index (χ4v) is 2.78. The molecule has 0 aliphatic carbocycles. The molecular formula is C18H19N7. The molecule has 126 valence electrons. The average Bonchev–Trinajstić information content (AvgIpc) is 3.27. The van der Waals surface area contributed by atoms with E-state index in [1.165, 1.54) is 0 Å². The molecule has 0 aliphatic rings. The molecule has 3 aromatic heterocycles. The Morgan fingerprint density at radius 1 is 1.12 bits per heavy atom. The van der Waals surface area contributed by atoms with Crippen molar-refractivity contribution in [3.63, 3.8) is 0 Å². The van der Waals surface area contributed by atoms with Gasteiger partial charge in [0.15, 0.2) is 5.65 Å². The van der Waals surface area contributed by atoms with Gasteiger partial charge >= 0.3 is 0 Å². The van der Waals surface area contributed by atoms with E-state index in [1.54, 1.807) is 6.20 Å². The number of anilines is 1. The number of hydrogen-bond donors (Lipinski definition) is 1. The summed E-state index contributed by atoms with van der Waals surface area (Å²) < 4.78 is 3.69. The molecule has 0 amide bonds. The summed E-state index contributed by atoms with van der Waals surface area (Å²) >= 11 is 0. The van der Waals surface area contributed by atoms with Crippen LogP contribution in [0.2, 0.25) is 0 Å². The lowest BCUT2D eigenvalue weighted by molar-refractivity contribution is 0.569. The fraction of sp³-hybridized carbons (Fsp3) is 0.222. The maximum atomic E-state index is 4.73. The van der Waals surface area contributed by atoms with Crippen LogP contribution in [0.1, 0.15) is 12.1 Å². The molecule has 4 aromatic rings. The minimum Gasteiger partial charge on any atom is -0.370 e. The van der Waals surface area contributed by atoms with Gasteiger partial charge in [0.05, 0.1) is 17.6 Å². The molecule has 0 radical (unpaired) electrons. The summed E-state index contributed by atoms with van der Waals surface area (Å²) in [5.41, 5.74) is 3.82. The van der Waals surface area contributed by atoms with Gasteiger partial charge in [-0.25, -0.2) is 4.98 Å². The average molecular weight is 333 g/mol. The van der Waals surface area contributed by atoms with Crippen LogP contribution in [0.25, 0.3) is 16.9 Å². The molecular weight excluding hydrogens is 314 g/mol. The molecule has 3 heterocycles. The van der Waals surface area contributed by atoms with Gasteiger partial charge in [-0.1, -0.05) is 35.5 Å². The Kier molecular flexibility index (Phi) is 4.12. The Morgan fingerprint density at radius 3 is 2.80 bits per heavy atom. The van der Waals surface area contributed by atoms with Crippen molar-refractivity contribution in [3.8, 4) is 11.3 Å². The van der Waals surface area contributed by atoms with E-state index in [1.807, 2.05) is 52.6 Å². The van der Waals surface area contributed by atoms with Gasteiger partial charge in [0.1, 0.15) is 5.82 Å². The molecule has 0 atom stereocenters. The van der Waals surface area contributed by atoms with Gasteiger partial charge in [0, 0.05) is 37.0 Å². The summed E-state index contributed by atoms with van der Waals surface area (Å²) in [6.45, 7) is 3.61. The molecule has 7 heteroatoms. The third-order valence-corrected chi connectivity index (χ3v) is 3.96. The van der Waals surface area contributed by atoms with Crippen molar-refractivity contribution in [1.82, 2.24) is 29.6 Å². The molecule has 1 aromatic carbocycles. The standard InChI is InChI=1S/C18H19N7/c1-14-12-18-21-16(15-6-3-2-4-7-15)13-17(25(18)22-14)19-8-5-10-24-11-9-20-23-24/h2-4,6-7,9,11-13,19H,5,8,10H2,1H3. The molecule has 0 saturated carbocycles. The second-order valence-electron chi connectivity index (χ2n) is 5.89. The lowest BCUT2D eigenvalue weighted by atomic mass is 10.1. The van der Waals surface area contributed by atoms with Crippen LogP contribution in [-0.2, 0) is 6.54 Å². The lowest BCUT2D eigenvalue weighted by Gasteiger charge is -2.10. The molecule has 7 nitrogen and oxygen atoms in total. The van der Waals surface area contributed by atoms with Crippen LogP contribution in [-0.4, -0.2) is 36.1 Å². The van der Waals surface area contributed by atoms with Crippen LogP contribution in [0.3, 0.4) is 0 Å². The van der Waals surface area contributed by atoms with Crippen molar-refractivity contribution in [1.29, 1.82) is 0 Å². The molecule has 25 heavy (non-hydrogen) atoms. The van der Waals surface area contributed by atoms with E-state index in [4.69, 9.17) is 4.98 Å². The van der Waals surface area contributed by atoms with Crippen LogP contribution < -0.4 is 5.32 Å². The van der Waals surface area contributed by atoms with Gasteiger partial charge in [-0.2, -0.15) is 9.61 Å². The van der Waals surface area contributed by atoms with Crippen molar-refractivity contribution in [2.24, 2.45) is 0 Å². The monoisotopic (exact) mass is 333 g/mol. The van der Waals surface area contributed by atoms with Crippen LogP contribution in [0, 0.1) is 6.92 Å². The smallest absolute Gasteiger partial charge is 0.158 e. The summed E-state index contributed by atoms with van der Waals surface area (Å²) in [5, 5.41) is 15.8. The van der Waals surface area contributed by atoms with Gasteiger partial charge in [0.25, 0.3) is 0 Å². The molecule has 0 bridgehead atoms. The first-order chi connectivity index (χ1) is 12.3. The predicted octanol–water partition coefficient (Wildman–Crippen LogP) is 2.80. The molecule has 4 rings (SSSR count). The van der Waals surface area contributed by atoms with Crippen LogP contribution in [0.15, 0.2) is 54.9 Å². The lowest BCUT2D eigenvalue weighted by Crippen LogP contribution is -2.11. The molecule has 0 unspecified atom stereocenters. The maximum Gasteiger partial charge on any atom is 0.158 e. The highest BCUT2D eigenvalue weighted by atomic mass is 15.4. The molecule has 0 aliphatic heterocycles. The van der Waals surface area contributed by atoms with Crippen molar-refractivity contribution < 1.29 is 0 Å². The number of hydrogen-bond acceptors (Lipinski definition) is 5. The zero-order valence-corrected chi connectivity index (χ0v) is 14.0. The quantitative estimate of drug-likeness (QED) is 0.549. The van der Waals surface area contributed by atoms with E-state index in [2.05, 4.69) is 32.9 Å². The molecule has 0 fully saturated rings. The maximum absolute atomic E-state index is 4.73. The van der Waals surface area contributed by atoms with Gasteiger partial charge in [-0.05, 0) is 13.3 Å². The van der Waals surface area contributed by atoms with E-state index in [0.717, 1.165) is 47.9 Å². The second kappa shape index (κ2) is 6.72. The first-order valence-electron chi connectivity index (χ1n) is 8.30. The SMILES string of the molecule is Cc1cc2nc(-c3ccccc3)cc(NCCCn3ccnn3)n2n1. The number of nitrogens with one attached hydrogen (secondary N) is 1. The Labute approximate surface area is 145 Å². The molecule has 1 N–H and O–H groups in total. The first kappa shape index (κ1) is 15.3. The van der Waals surface area contributed by atoms with Crippen LogP contribution >= 0.6 is 0 Å². The summed E-state index contributed by atoms with van der Waals surface area (Å²) in [6.07, 6.45) is 4.50. The van der Waals surface area contributed by atoms with E-state index < -0.39 is 0 Å². The van der Waals surface area contributed by atoms with E-state index >= 15 is 0 Å². The minimum atomic E-state index is 0.812. The van der Waals surface area contributed by atoms with Crippen molar-refractivity contribution in [2.75, 3.05) is 11.9 Å². The Hall–Kier alpha value is -3.22. The van der Waals surface area contributed by atoms with Crippen LogP contribution in [0.4, 0.5) is 5.82 Å². The van der Waals surface area contributed by atoms with E-state index in [9.17, 15) is 0 Å². The zero-order chi connectivity index (χ0) is 17.1. The largest absolute Gasteiger partial charge is 0.370 e. The first-order valence-corrected chi connectivity index (χ1v) is 8.30.